The first-order chi connectivity index (χ1) is 12.8. The van der Waals surface area contributed by atoms with Gasteiger partial charge in [0, 0.05) is 13.7 Å². The van der Waals surface area contributed by atoms with Gasteiger partial charge in [0.25, 0.3) is 5.91 Å². The zero-order valence-electron chi connectivity index (χ0n) is 16.8. The fourth-order valence-corrected chi connectivity index (χ4v) is 3.49. The molecule has 9 heteroatoms. The molecule has 27 heavy (non-hydrogen) atoms. The van der Waals surface area contributed by atoms with E-state index in [4.69, 9.17) is 4.74 Å². The van der Waals surface area contributed by atoms with Crippen molar-refractivity contribution in [3.05, 3.63) is 17.5 Å². The van der Waals surface area contributed by atoms with Gasteiger partial charge >= 0.3 is 12.0 Å². The Morgan fingerprint density at radius 2 is 2.00 bits per heavy atom. The van der Waals surface area contributed by atoms with Gasteiger partial charge in [0.1, 0.15) is 5.69 Å². The smallest absolute Gasteiger partial charge is 0.380 e. The number of aromatic nitrogens is 2. The predicted molar refractivity (Wildman–Crippen MR) is 100 cm³/mol. The molecule has 1 saturated heterocycles. The van der Waals surface area contributed by atoms with Crippen LogP contribution in [0.3, 0.4) is 0 Å². The summed E-state index contributed by atoms with van der Waals surface area (Å²) in [4.78, 5) is 33.3. The molecule has 9 nitrogen and oxygen atoms in total. The van der Waals surface area contributed by atoms with Crippen LogP contribution in [0.2, 0.25) is 0 Å². The summed E-state index contributed by atoms with van der Waals surface area (Å²) in [5.41, 5.74) is 1.79. The Labute approximate surface area is 158 Å². The first kappa shape index (κ1) is 19.2. The van der Waals surface area contributed by atoms with E-state index < -0.39 is 6.04 Å². The summed E-state index contributed by atoms with van der Waals surface area (Å²) in [5.74, 6) is 0.728. The lowest BCUT2D eigenvalue weighted by Gasteiger charge is -2.34. The van der Waals surface area contributed by atoms with Crippen LogP contribution < -0.4 is 0 Å². The third-order valence-corrected chi connectivity index (χ3v) is 4.75. The Hall–Kier alpha value is -2.55. The van der Waals surface area contributed by atoms with Crippen molar-refractivity contribution in [1.82, 2.24) is 19.6 Å². The Morgan fingerprint density at radius 1 is 1.30 bits per heavy atom. The van der Waals surface area contributed by atoms with Crippen LogP contribution in [0.25, 0.3) is 0 Å². The van der Waals surface area contributed by atoms with Gasteiger partial charge in [-0.2, -0.15) is 0 Å². The summed E-state index contributed by atoms with van der Waals surface area (Å²) in [6.45, 7) is 10.8. The molecule has 0 radical (unpaired) electrons. The van der Waals surface area contributed by atoms with Crippen LogP contribution in [-0.2, 0) is 9.53 Å². The lowest BCUT2D eigenvalue weighted by atomic mass is 10.1. The summed E-state index contributed by atoms with van der Waals surface area (Å²) < 4.78 is 8.99. The number of aliphatic imine (C=N–C) groups is 1. The van der Waals surface area contributed by atoms with Gasteiger partial charge in [0.15, 0.2) is 0 Å². The molecule has 0 aromatic carbocycles. The molecule has 0 bridgehead atoms. The second kappa shape index (κ2) is 7.22. The van der Waals surface area contributed by atoms with E-state index in [2.05, 4.69) is 10.1 Å². The number of aryl methyl sites for hydroxylation is 2. The standard InChI is InChI=1S/C18H27N6O3/c1-7-27-9-8-22-16(25)14-15(21(6)18(22)26)19-17(23(14)11(2)3)24-13(5)10-12(4)20-24/h10-11,14H,7-9H2,1-6H3/q+1. The zero-order chi connectivity index (χ0) is 19.9. The van der Waals surface area contributed by atoms with Crippen LogP contribution in [0.1, 0.15) is 32.2 Å². The molecule has 146 valence electrons. The van der Waals surface area contributed by atoms with Crippen molar-refractivity contribution in [2.75, 3.05) is 26.8 Å². The number of amides is 3. The van der Waals surface area contributed by atoms with Crippen LogP contribution in [0.4, 0.5) is 4.79 Å². The molecular formula is C18H27N6O3+. The highest BCUT2D eigenvalue weighted by Crippen LogP contribution is 2.22. The van der Waals surface area contributed by atoms with E-state index in [0.717, 1.165) is 11.4 Å². The molecule has 0 aliphatic carbocycles. The molecule has 3 rings (SSSR count). The number of imide groups is 1. The van der Waals surface area contributed by atoms with Gasteiger partial charge in [-0.3, -0.25) is 14.6 Å². The highest BCUT2D eigenvalue weighted by atomic mass is 16.5. The van der Waals surface area contributed by atoms with Gasteiger partial charge < -0.3 is 4.74 Å². The lowest BCUT2D eigenvalue weighted by Crippen LogP contribution is -2.63. The van der Waals surface area contributed by atoms with Crippen molar-refractivity contribution >= 4 is 23.7 Å². The molecule has 1 atom stereocenters. The van der Waals surface area contributed by atoms with E-state index in [9.17, 15) is 9.59 Å². The van der Waals surface area contributed by atoms with Gasteiger partial charge in [-0.25, -0.2) is 9.37 Å². The Kier molecular flexibility index (Phi) is 5.14. The highest BCUT2D eigenvalue weighted by molar-refractivity contribution is 6.23. The second-order valence-electron chi connectivity index (χ2n) is 7.04. The summed E-state index contributed by atoms with van der Waals surface area (Å²) in [7, 11) is 1.65. The summed E-state index contributed by atoms with van der Waals surface area (Å²) in [6, 6.07) is 0.925. The first-order valence-corrected chi connectivity index (χ1v) is 9.22. The number of fused-ring (bicyclic) bond motifs is 1. The monoisotopic (exact) mass is 375 g/mol. The summed E-state index contributed by atoms with van der Waals surface area (Å²) in [5, 5.41) is 4.51. The van der Waals surface area contributed by atoms with Gasteiger partial charge in [0.05, 0.1) is 24.9 Å². The fraction of sp³-hybridized carbons (Fsp3) is 0.611. The molecule has 0 N–H and O–H groups in total. The Morgan fingerprint density at radius 3 is 2.56 bits per heavy atom. The van der Waals surface area contributed by atoms with Gasteiger partial charge in [-0.05, 0) is 40.7 Å². The van der Waals surface area contributed by atoms with Crippen molar-refractivity contribution in [3.63, 3.8) is 0 Å². The number of amidine groups is 1. The van der Waals surface area contributed by atoms with Crippen LogP contribution in [0.15, 0.2) is 11.1 Å². The number of hydrogen-bond donors (Lipinski definition) is 0. The molecular weight excluding hydrogens is 348 g/mol. The van der Waals surface area contributed by atoms with E-state index in [-0.39, 0.29) is 24.5 Å². The molecule has 2 aliphatic rings. The molecule has 1 unspecified atom stereocenters. The van der Waals surface area contributed by atoms with Crippen molar-refractivity contribution in [2.45, 2.75) is 46.7 Å². The van der Waals surface area contributed by atoms with Crippen molar-refractivity contribution in [1.29, 1.82) is 0 Å². The van der Waals surface area contributed by atoms with Gasteiger partial charge in [0.2, 0.25) is 11.9 Å². The molecule has 2 aliphatic heterocycles. The Bertz CT molecular complexity index is 838. The van der Waals surface area contributed by atoms with E-state index in [1.165, 1.54) is 9.80 Å². The maximum atomic E-state index is 13.2. The van der Waals surface area contributed by atoms with E-state index in [1.807, 2.05) is 45.3 Å². The van der Waals surface area contributed by atoms with Crippen LogP contribution in [0, 0.1) is 13.8 Å². The number of rotatable bonds is 5. The third kappa shape index (κ3) is 3.16. The van der Waals surface area contributed by atoms with E-state index >= 15 is 0 Å². The molecule has 0 saturated carbocycles. The minimum absolute atomic E-state index is 0.00514. The quantitative estimate of drug-likeness (QED) is 0.564. The molecule has 1 fully saturated rings. The lowest BCUT2D eigenvalue weighted by molar-refractivity contribution is -0.567. The highest BCUT2D eigenvalue weighted by Gasteiger charge is 2.53. The topological polar surface area (TPSA) is 83.0 Å². The SMILES string of the molecule is CCOCCN1C(=O)C2C(=NC(n3nc(C)cc3C)=[N+]2C(C)C)N(C)C1=O. The normalized spacial score (nSPS) is 20.1. The summed E-state index contributed by atoms with van der Waals surface area (Å²) in [6.07, 6.45) is 0. The number of carbonyl (C=O) groups is 2. The average Bonchev–Trinajstić information content (AvgIpc) is 3.16. The second-order valence-corrected chi connectivity index (χ2v) is 7.04. The van der Waals surface area contributed by atoms with Crippen molar-refractivity contribution < 1.29 is 18.9 Å². The molecule has 1 aromatic rings. The zero-order valence-corrected chi connectivity index (χ0v) is 16.8. The van der Waals surface area contributed by atoms with Gasteiger partial charge in [-0.15, -0.1) is 9.78 Å². The number of ether oxygens (including phenoxy) is 1. The molecule has 1 aromatic heterocycles. The van der Waals surface area contributed by atoms with Crippen LogP contribution in [-0.4, -0.2) is 86.8 Å². The van der Waals surface area contributed by atoms with Crippen molar-refractivity contribution in [3.8, 4) is 0 Å². The third-order valence-electron chi connectivity index (χ3n) is 4.75. The average molecular weight is 375 g/mol. The fourth-order valence-electron chi connectivity index (χ4n) is 3.49. The number of nitrogens with zero attached hydrogens (tertiary/aromatic N) is 6. The molecule has 3 amide bonds. The van der Waals surface area contributed by atoms with Crippen molar-refractivity contribution in [2.24, 2.45) is 4.99 Å². The minimum Gasteiger partial charge on any atom is -0.380 e. The number of carbonyl (C=O) groups excluding carboxylic acids is 2. The Balaban J connectivity index is 2.06. The maximum absolute atomic E-state index is 13.2. The maximum Gasteiger partial charge on any atom is 0.421 e. The van der Waals surface area contributed by atoms with Crippen LogP contribution >= 0.6 is 0 Å². The number of likely N-dealkylation sites (N-methyl/N-ethyl adjacent to an activating group) is 1. The predicted octanol–water partition coefficient (Wildman–Crippen LogP) is 0.836. The minimum atomic E-state index is -0.645. The summed E-state index contributed by atoms with van der Waals surface area (Å²) >= 11 is 0. The van der Waals surface area contributed by atoms with E-state index in [1.54, 1.807) is 11.7 Å². The van der Waals surface area contributed by atoms with Crippen LogP contribution in [0.5, 0.6) is 0 Å². The van der Waals surface area contributed by atoms with E-state index in [0.29, 0.717) is 25.0 Å². The number of hydrogen-bond acceptors (Lipinski definition) is 5. The largest absolute Gasteiger partial charge is 0.421 e. The number of urea groups is 1. The molecule has 3 heterocycles. The molecule has 0 spiro atoms. The first-order valence-electron chi connectivity index (χ1n) is 9.22. The van der Waals surface area contributed by atoms with Gasteiger partial charge in [-0.1, -0.05) is 4.99 Å².